The predicted molar refractivity (Wildman–Crippen MR) is 112 cm³/mol. The van der Waals surface area contributed by atoms with Gasteiger partial charge in [-0.2, -0.15) is 8.42 Å². The van der Waals surface area contributed by atoms with Crippen molar-refractivity contribution in [3.05, 3.63) is 66.2 Å². The average molecular weight is 415 g/mol. The largest absolute Gasteiger partial charge is 0.286 e. The monoisotopic (exact) mass is 414 g/mol. The van der Waals surface area contributed by atoms with E-state index in [0.717, 1.165) is 37.7 Å². The lowest BCUT2D eigenvalue weighted by Gasteiger charge is -2.30. The smallest absolute Gasteiger partial charge is 0.284 e. The second-order valence-electron chi connectivity index (χ2n) is 7.07. The highest BCUT2D eigenvalue weighted by molar-refractivity contribution is 8.15. The summed E-state index contributed by atoms with van der Waals surface area (Å²) in [5.74, 6) is -0.0647. The highest BCUT2D eigenvalue weighted by Crippen LogP contribution is 2.43. The lowest BCUT2D eigenvalue weighted by Crippen LogP contribution is -2.41. The Labute approximate surface area is 169 Å². The summed E-state index contributed by atoms with van der Waals surface area (Å²) in [4.78, 5) is 15.1. The lowest BCUT2D eigenvalue weighted by atomic mass is 9.94. The fraction of sp³-hybridized carbons (Fsp3) is 0.333. The second kappa shape index (κ2) is 8.09. The Kier molecular flexibility index (Phi) is 5.55. The number of carbonyl (C=O) groups excluding carboxylic acids is 1. The van der Waals surface area contributed by atoms with E-state index in [0.29, 0.717) is 5.17 Å². The van der Waals surface area contributed by atoms with Crippen molar-refractivity contribution in [2.75, 3.05) is 0 Å². The first-order chi connectivity index (χ1) is 13.6. The van der Waals surface area contributed by atoms with Crippen molar-refractivity contribution in [1.82, 2.24) is 4.90 Å². The van der Waals surface area contributed by atoms with E-state index >= 15 is 0 Å². The minimum atomic E-state index is -3.87. The molecule has 2 aromatic carbocycles. The molecule has 146 valence electrons. The zero-order valence-electron chi connectivity index (χ0n) is 15.4. The van der Waals surface area contributed by atoms with Gasteiger partial charge in [-0.1, -0.05) is 79.6 Å². The van der Waals surface area contributed by atoms with Crippen LogP contribution < -0.4 is 0 Å². The molecular weight excluding hydrogens is 392 g/mol. The lowest BCUT2D eigenvalue weighted by molar-refractivity contribution is -0.128. The van der Waals surface area contributed by atoms with Crippen LogP contribution in [0.15, 0.2) is 70.0 Å². The van der Waals surface area contributed by atoms with Crippen LogP contribution in [0.1, 0.15) is 42.9 Å². The molecule has 28 heavy (non-hydrogen) atoms. The van der Waals surface area contributed by atoms with E-state index in [-0.39, 0.29) is 16.8 Å². The minimum absolute atomic E-state index is 0.0205. The summed E-state index contributed by atoms with van der Waals surface area (Å²) in [7, 11) is -3.87. The highest BCUT2D eigenvalue weighted by Gasteiger charge is 2.43. The molecule has 0 aromatic heterocycles. The summed E-state index contributed by atoms with van der Waals surface area (Å²) in [6.45, 7) is 0. The predicted octanol–water partition coefficient (Wildman–Crippen LogP) is 4.38. The van der Waals surface area contributed by atoms with E-state index in [4.69, 9.17) is 0 Å². The van der Waals surface area contributed by atoms with Gasteiger partial charge in [-0.25, -0.2) is 0 Å². The maximum Gasteiger partial charge on any atom is 0.284 e. The number of nitrogens with zero attached hydrogens (tertiary/aromatic N) is 2. The van der Waals surface area contributed by atoms with Gasteiger partial charge in [0.15, 0.2) is 5.17 Å². The van der Waals surface area contributed by atoms with Crippen LogP contribution in [-0.4, -0.2) is 30.4 Å². The molecular formula is C21H22N2O3S2. The van der Waals surface area contributed by atoms with Crippen LogP contribution in [0.3, 0.4) is 0 Å². The van der Waals surface area contributed by atoms with Crippen molar-refractivity contribution < 1.29 is 13.2 Å². The zero-order valence-corrected chi connectivity index (χ0v) is 17.0. The van der Waals surface area contributed by atoms with Gasteiger partial charge in [-0.15, -0.1) is 4.40 Å². The maximum atomic E-state index is 13.3. The summed E-state index contributed by atoms with van der Waals surface area (Å²) in [6, 6.07) is 17.7. The van der Waals surface area contributed by atoms with Crippen molar-refractivity contribution in [3.8, 4) is 0 Å². The summed E-state index contributed by atoms with van der Waals surface area (Å²) < 4.78 is 29.8. The van der Waals surface area contributed by atoms with Gasteiger partial charge in [-0.3, -0.25) is 9.69 Å². The third-order valence-electron chi connectivity index (χ3n) is 5.17. The number of hydrogen-bond acceptors (Lipinski definition) is 4. The molecule has 0 unspecified atom stereocenters. The second-order valence-corrected chi connectivity index (χ2v) is 9.75. The third-order valence-corrected chi connectivity index (χ3v) is 7.78. The molecule has 2 aliphatic rings. The van der Waals surface area contributed by atoms with Crippen molar-refractivity contribution in [3.63, 3.8) is 0 Å². The van der Waals surface area contributed by atoms with Crippen LogP contribution in [0.25, 0.3) is 0 Å². The summed E-state index contributed by atoms with van der Waals surface area (Å²) >= 11 is 1.24. The molecule has 7 heteroatoms. The zero-order chi connectivity index (χ0) is 19.6. The molecule has 1 saturated heterocycles. The molecule has 1 saturated carbocycles. The Bertz CT molecular complexity index is 969. The Hall–Kier alpha value is -2.12. The molecule has 0 spiro atoms. The number of amidine groups is 1. The Morgan fingerprint density at radius 2 is 1.50 bits per heavy atom. The topological polar surface area (TPSA) is 66.8 Å². The van der Waals surface area contributed by atoms with Gasteiger partial charge in [0.1, 0.15) is 5.25 Å². The molecule has 0 bridgehead atoms. The van der Waals surface area contributed by atoms with Crippen molar-refractivity contribution >= 4 is 32.9 Å². The quantitative estimate of drug-likeness (QED) is 0.745. The first-order valence-electron chi connectivity index (χ1n) is 9.51. The SMILES string of the molecule is O=C1[C@H](c2ccccc2)SC(=NS(=O)(=O)c2ccccc2)N1C1CCCCC1. The van der Waals surface area contributed by atoms with Crippen LogP contribution in [-0.2, 0) is 14.8 Å². The number of sulfonamides is 1. The number of thioether (sulfide) groups is 1. The van der Waals surface area contributed by atoms with Gasteiger partial charge >= 0.3 is 0 Å². The van der Waals surface area contributed by atoms with Crippen molar-refractivity contribution in [1.29, 1.82) is 0 Å². The van der Waals surface area contributed by atoms with Gasteiger partial charge in [0.25, 0.3) is 10.0 Å². The van der Waals surface area contributed by atoms with E-state index < -0.39 is 15.3 Å². The van der Waals surface area contributed by atoms with E-state index in [1.54, 1.807) is 23.1 Å². The average Bonchev–Trinajstić information content (AvgIpc) is 3.05. The molecule has 1 amide bonds. The summed E-state index contributed by atoms with van der Waals surface area (Å²) in [6.07, 6.45) is 5.03. The van der Waals surface area contributed by atoms with E-state index in [1.165, 1.54) is 23.9 Å². The standard InChI is InChI=1S/C21H22N2O3S2/c24-20-19(16-10-4-1-5-11-16)27-21(23(20)17-12-6-2-7-13-17)22-28(25,26)18-14-8-3-9-15-18/h1,3-5,8-11,14-15,17,19H,2,6-7,12-13H2/t19-/m0/s1. The number of hydrogen-bond donors (Lipinski definition) is 0. The number of carbonyl (C=O) groups is 1. The molecule has 0 N–H and O–H groups in total. The van der Waals surface area contributed by atoms with Crippen LogP contribution in [0.5, 0.6) is 0 Å². The van der Waals surface area contributed by atoms with Crippen LogP contribution in [0.4, 0.5) is 0 Å². The van der Waals surface area contributed by atoms with Crippen molar-refractivity contribution in [2.24, 2.45) is 4.40 Å². The molecule has 5 nitrogen and oxygen atoms in total. The first-order valence-corrected chi connectivity index (χ1v) is 11.8. The Balaban J connectivity index is 1.73. The molecule has 1 atom stereocenters. The van der Waals surface area contributed by atoms with Crippen LogP contribution in [0, 0.1) is 0 Å². The third kappa shape index (κ3) is 3.86. The molecule has 1 aliphatic carbocycles. The van der Waals surface area contributed by atoms with E-state index in [9.17, 15) is 13.2 Å². The highest BCUT2D eigenvalue weighted by atomic mass is 32.2. The summed E-state index contributed by atoms with van der Waals surface area (Å²) in [5.41, 5.74) is 0.876. The molecule has 1 aliphatic heterocycles. The molecule has 2 fully saturated rings. The molecule has 2 aromatic rings. The number of rotatable bonds is 4. The van der Waals surface area contributed by atoms with Gasteiger partial charge in [0.05, 0.1) is 4.90 Å². The van der Waals surface area contributed by atoms with Gasteiger partial charge in [0.2, 0.25) is 5.91 Å². The fourth-order valence-electron chi connectivity index (χ4n) is 3.76. The van der Waals surface area contributed by atoms with E-state index in [2.05, 4.69) is 4.40 Å². The molecule has 0 radical (unpaired) electrons. The Morgan fingerprint density at radius 3 is 2.14 bits per heavy atom. The van der Waals surface area contributed by atoms with Crippen LogP contribution >= 0.6 is 11.8 Å². The molecule has 1 heterocycles. The summed E-state index contributed by atoms with van der Waals surface area (Å²) in [5, 5.41) is -0.151. The normalized spacial score (nSPS) is 22.7. The maximum absolute atomic E-state index is 13.3. The number of amides is 1. The fourth-order valence-corrected chi connectivity index (χ4v) is 6.20. The van der Waals surface area contributed by atoms with Crippen LogP contribution in [0.2, 0.25) is 0 Å². The first kappa shape index (κ1) is 19.2. The van der Waals surface area contributed by atoms with E-state index in [1.807, 2.05) is 30.3 Å². The Morgan fingerprint density at radius 1 is 0.893 bits per heavy atom. The molecule has 4 rings (SSSR count). The van der Waals surface area contributed by atoms with Gasteiger partial charge < -0.3 is 0 Å². The van der Waals surface area contributed by atoms with Crippen molar-refractivity contribution in [2.45, 2.75) is 48.3 Å². The number of benzene rings is 2. The minimum Gasteiger partial charge on any atom is -0.286 e. The van der Waals surface area contributed by atoms with Gasteiger partial charge in [0, 0.05) is 6.04 Å². The van der Waals surface area contributed by atoms with Gasteiger partial charge in [-0.05, 0) is 30.5 Å².